The lowest BCUT2D eigenvalue weighted by atomic mass is 10.1. The molecular formula is C13H22N2O. The van der Waals surface area contributed by atoms with Crippen molar-refractivity contribution in [3.63, 3.8) is 0 Å². The molecule has 0 N–H and O–H groups in total. The second-order valence-electron chi connectivity index (χ2n) is 4.58. The minimum absolute atomic E-state index is 0.328. The van der Waals surface area contributed by atoms with Gasteiger partial charge in [0.05, 0.1) is 0 Å². The quantitative estimate of drug-likeness (QED) is 0.413. The molecule has 0 aromatic heterocycles. The number of rotatable bonds is 4. The predicted molar refractivity (Wildman–Crippen MR) is 67.3 cm³/mol. The topological polar surface area (TPSA) is 24.8 Å². The lowest BCUT2D eigenvalue weighted by molar-refractivity contribution is 0.0914. The normalized spacial score (nSPS) is 22.1. The van der Waals surface area contributed by atoms with E-state index in [1.54, 1.807) is 0 Å². The van der Waals surface area contributed by atoms with Crippen LogP contribution in [0, 0.1) is 17.8 Å². The third-order valence-electron chi connectivity index (χ3n) is 2.90. The largest absolute Gasteiger partial charge is 0.393 e. The van der Waals surface area contributed by atoms with Gasteiger partial charge >= 0.3 is 0 Å². The SMILES string of the molecule is CC#C/C(=N\OC[C@@H]1CCCN1C)C(C)C. The molecule has 0 radical (unpaired) electrons. The van der Waals surface area contributed by atoms with Crippen LogP contribution in [-0.4, -0.2) is 36.9 Å². The fourth-order valence-electron chi connectivity index (χ4n) is 1.78. The molecule has 3 heteroatoms. The Labute approximate surface area is 98.8 Å². The Kier molecular flexibility index (Phi) is 5.34. The number of oxime groups is 1. The third-order valence-corrected chi connectivity index (χ3v) is 2.90. The van der Waals surface area contributed by atoms with E-state index in [9.17, 15) is 0 Å². The molecule has 0 aromatic carbocycles. The first-order valence-electron chi connectivity index (χ1n) is 5.98. The number of likely N-dealkylation sites (tertiary alicyclic amines) is 1. The Hall–Kier alpha value is -1.01. The first kappa shape index (κ1) is 13.1. The average Bonchev–Trinajstić information content (AvgIpc) is 2.63. The minimum Gasteiger partial charge on any atom is -0.393 e. The van der Waals surface area contributed by atoms with Crippen molar-refractivity contribution in [1.82, 2.24) is 4.90 Å². The minimum atomic E-state index is 0.328. The fraction of sp³-hybridized carbons (Fsp3) is 0.769. The van der Waals surface area contributed by atoms with E-state index < -0.39 is 0 Å². The summed E-state index contributed by atoms with van der Waals surface area (Å²) in [6.07, 6.45) is 2.47. The van der Waals surface area contributed by atoms with Gasteiger partial charge in [-0.05, 0) is 39.3 Å². The zero-order chi connectivity index (χ0) is 12.0. The van der Waals surface area contributed by atoms with Gasteiger partial charge in [0.15, 0.2) is 0 Å². The number of hydrogen-bond acceptors (Lipinski definition) is 3. The van der Waals surface area contributed by atoms with Crippen LogP contribution in [0.25, 0.3) is 0 Å². The van der Waals surface area contributed by atoms with E-state index in [0.29, 0.717) is 18.6 Å². The van der Waals surface area contributed by atoms with Crippen molar-refractivity contribution in [3.8, 4) is 11.8 Å². The van der Waals surface area contributed by atoms with Crippen molar-refractivity contribution in [3.05, 3.63) is 0 Å². The zero-order valence-electron chi connectivity index (χ0n) is 10.8. The summed E-state index contributed by atoms with van der Waals surface area (Å²) in [6, 6.07) is 0.520. The van der Waals surface area contributed by atoms with E-state index >= 15 is 0 Å². The maximum Gasteiger partial charge on any atom is 0.132 e. The molecule has 1 aliphatic rings. The van der Waals surface area contributed by atoms with Crippen molar-refractivity contribution < 1.29 is 4.84 Å². The number of likely N-dealkylation sites (N-methyl/N-ethyl adjacent to an activating group) is 1. The van der Waals surface area contributed by atoms with Crippen LogP contribution in [0.5, 0.6) is 0 Å². The summed E-state index contributed by atoms with van der Waals surface area (Å²) in [4.78, 5) is 7.74. The summed E-state index contributed by atoms with van der Waals surface area (Å²) < 4.78 is 0. The highest BCUT2D eigenvalue weighted by Crippen LogP contribution is 2.14. The van der Waals surface area contributed by atoms with Crippen LogP contribution in [-0.2, 0) is 4.84 Å². The Bertz CT molecular complexity index is 299. The molecule has 3 nitrogen and oxygen atoms in total. The summed E-state index contributed by atoms with van der Waals surface area (Å²) >= 11 is 0. The molecule has 16 heavy (non-hydrogen) atoms. The Morgan fingerprint density at radius 2 is 2.31 bits per heavy atom. The maximum absolute atomic E-state index is 5.41. The predicted octanol–water partition coefficient (Wildman–Crippen LogP) is 2.13. The highest BCUT2D eigenvalue weighted by molar-refractivity contribution is 6.01. The molecule has 1 heterocycles. The average molecular weight is 222 g/mol. The highest BCUT2D eigenvalue weighted by atomic mass is 16.6. The first-order valence-corrected chi connectivity index (χ1v) is 5.98. The molecule has 1 atom stereocenters. The molecular weight excluding hydrogens is 200 g/mol. The van der Waals surface area contributed by atoms with Gasteiger partial charge in [-0.25, -0.2) is 0 Å². The van der Waals surface area contributed by atoms with Gasteiger partial charge in [0.1, 0.15) is 12.3 Å². The second-order valence-corrected chi connectivity index (χ2v) is 4.58. The lowest BCUT2D eigenvalue weighted by Crippen LogP contribution is -2.28. The van der Waals surface area contributed by atoms with Gasteiger partial charge < -0.3 is 4.84 Å². The van der Waals surface area contributed by atoms with Crippen LogP contribution >= 0.6 is 0 Å². The van der Waals surface area contributed by atoms with Crippen molar-refractivity contribution >= 4 is 5.71 Å². The molecule has 0 aromatic rings. The fourth-order valence-corrected chi connectivity index (χ4v) is 1.78. The third kappa shape index (κ3) is 3.86. The van der Waals surface area contributed by atoms with Gasteiger partial charge in [-0.2, -0.15) is 0 Å². The first-order chi connectivity index (χ1) is 7.65. The van der Waals surface area contributed by atoms with E-state index in [2.05, 4.69) is 42.8 Å². The van der Waals surface area contributed by atoms with Gasteiger partial charge in [0.2, 0.25) is 0 Å². The molecule has 1 saturated heterocycles. The smallest absolute Gasteiger partial charge is 0.132 e. The zero-order valence-corrected chi connectivity index (χ0v) is 10.8. The molecule has 0 spiro atoms. The standard InChI is InChI=1S/C13H22N2O/c1-5-7-13(11(2)3)14-16-10-12-8-6-9-15(12)4/h11-12H,6,8-10H2,1-4H3/b14-13+/t12-/m0/s1. The van der Waals surface area contributed by atoms with Gasteiger partial charge in [0.25, 0.3) is 0 Å². The molecule has 1 fully saturated rings. The van der Waals surface area contributed by atoms with Crippen LogP contribution in [0.3, 0.4) is 0 Å². The monoisotopic (exact) mass is 222 g/mol. The molecule has 0 amide bonds. The van der Waals surface area contributed by atoms with Crippen LogP contribution < -0.4 is 0 Å². The molecule has 0 unspecified atom stereocenters. The molecule has 0 bridgehead atoms. The van der Waals surface area contributed by atoms with Crippen molar-refractivity contribution in [2.45, 2.75) is 39.7 Å². The summed E-state index contributed by atoms with van der Waals surface area (Å²) in [5, 5.41) is 4.13. The number of nitrogens with zero attached hydrogens (tertiary/aromatic N) is 2. The van der Waals surface area contributed by atoms with Crippen LogP contribution in [0.4, 0.5) is 0 Å². The van der Waals surface area contributed by atoms with Crippen molar-refractivity contribution in [2.24, 2.45) is 11.1 Å². The van der Waals surface area contributed by atoms with Crippen molar-refractivity contribution in [2.75, 3.05) is 20.2 Å². The Morgan fingerprint density at radius 3 is 2.81 bits per heavy atom. The van der Waals surface area contributed by atoms with Crippen molar-refractivity contribution in [1.29, 1.82) is 0 Å². The lowest BCUT2D eigenvalue weighted by Gasteiger charge is -2.17. The van der Waals surface area contributed by atoms with E-state index in [0.717, 1.165) is 5.71 Å². The molecule has 0 saturated carbocycles. The summed E-state index contributed by atoms with van der Waals surface area (Å²) in [5.74, 6) is 6.17. The van der Waals surface area contributed by atoms with Gasteiger partial charge in [-0.1, -0.05) is 24.9 Å². The summed E-state index contributed by atoms with van der Waals surface area (Å²) in [5.41, 5.74) is 0.836. The van der Waals surface area contributed by atoms with Crippen LogP contribution in [0.1, 0.15) is 33.6 Å². The van der Waals surface area contributed by atoms with Gasteiger partial charge in [-0.15, -0.1) is 0 Å². The van der Waals surface area contributed by atoms with E-state index in [1.165, 1.54) is 19.4 Å². The highest BCUT2D eigenvalue weighted by Gasteiger charge is 2.21. The van der Waals surface area contributed by atoms with E-state index in [4.69, 9.17) is 4.84 Å². The molecule has 0 aliphatic carbocycles. The summed E-state index contributed by atoms with van der Waals surface area (Å²) in [6.45, 7) is 7.83. The maximum atomic E-state index is 5.41. The van der Waals surface area contributed by atoms with Gasteiger partial charge in [-0.3, -0.25) is 4.90 Å². The van der Waals surface area contributed by atoms with Gasteiger partial charge in [0, 0.05) is 12.0 Å². The molecule has 90 valence electrons. The van der Waals surface area contributed by atoms with Crippen LogP contribution in [0.2, 0.25) is 0 Å². The Morgan fingerprint density at radius 1 is 1.56 bits per heavy atom. The molecule has 1 rings (SSSR count). The second kappa shape index (κ2) is 6.55. The van der Waals surface area contributed by atoms with E-state index in [-0.39, 0.29) is 0 Å². The van der Waals surface area contributed by atoms with Crippen LogP contribution in [0.15, 0.2) is 5.16 Å². The summed E-state index contributed by atoms with van der Waals surface area (Å²) in [7, 11) is 2.14. The molecule has 1 aliphatic heterocycles. The number of hydrogen-bond donors (Lipinski definition) is 0. The Balaban J connectivity index is 2.41. The van der Waals surface area contributed by atoms with E-state index in [1.807, 2.05) is 6.92 Å².